The van der Waals surface area contributed by atoms with E-state index in [1.165, 1.54) is 0 Å². The van der Waals surface area contributed by atoms with Gasteiger partial charge in [0.05, 0.1) is 11.1 Å². The summed E-state index contributed by atoms with van der Waals surface area (Å²) in [7, 11) is 0. The fourth-order valence-corrected chi connectivity index (χ4v) is 2.08. The highest BCUT2D eigenvalue weighted by Gasteiger charge is 2.10. The SMILES string of the molecule is Cc1cncc(C(N)c2ccc(Br)c(Cl)c2)c1. The quantitative estimate of drug-likeness (QED) is 0.915. The zero-order valence-electron chi connectivity index (χ0n) is 9.32. The first-order valence-electron chi connectivity index (χ1n) is 5.20. The molecule has 2 aromatic rings. The zero-order chi connectivity index (χ0) is 12.4. The molecule has 1 aromatic heterocycles. The molecule has 17 heavy (non-hydrogen) atoms. The second-order valence-electron chi connectivity index (χ2n) is 3.95. The minimum atomic E-state index is -0.201. The molecular formula is C13H12BrClN2. The van der Waals surface area contributed by atoms with Crippen LogP contribution in [0.5, 0.6) is 0 Å². The van der Waals surface area contributed by atoms with Crippen LogP contribution in [0.4, 0.5) is 0 Å². The van der Waals surface area contributed by atoms with Gasteiger partial charge in [-0.1, -0.05) is 23.7 Å². The van der Waals surface area contributed by atoms with E-state index in [2.05, 4.69) is 20.9 Å². The summed E-state index contributed by atoms with van der Waals surface area (Å²) >= 11 is 9.42. The number of pyridine rings is 1. The molecule has 0 aliphatic heterocycles. The van der Waals surface area contributed by atoms with Crippen molar-refractivity contribution in [2.24, 2.45) is 5.73 Å². The topological polar surface area (TPSA) is 38.9 Å². The number of aryl methyl sites for hydroxylation is 1. The third kappa shape index (κ3) is 2.86. The van der Waals surface area contributed by atoms with Crippen LogP contribution in [0.2, 0.25) is 5.02 Å². The molecule has 0 aliphatic carbocycles. The zero-order valence-corrected chi connectivity index (χ0v) is 11.7. The Bertz CT molecular complexity index is 543. The van der Waals surface area contributed by atoms with Crippen LogP contribution in [0.25, 0.3) is 0 Å². The Kier molecular flexibility index (Phi) is 3.82. The van der Waals surface area contributed by atoms with E-state index in [-0.39, 0.29) is 6.04 Å². The van der Waals surface area contributed by atoms with Gasteiger partial charge in [-0.05, 0) is 51.7 Å². The average Bonchev–Trinajstić information content (AvgIpc) is 2.32. The van der Waals surface area contributed by atoms with Gasteiger partial charge in [-0.25, -0.2) is 0 Å². The van der Waals surface area contributed by atoms with Crippen LogP contribution in [-0.2, 0) is 0 Å². The van der Waals surface area contributed by atoms with Gasteiger partial charge in [0, 0.05) is 16.9 Å². The highest BCUT2D eigenvalue weighted by molar-refractivity contribution is 9.10. The molecule has 0 saturated heterocycles. The van der Waals surface area contributed by atoms with Gasteiger partial charge in [-0.2, -0.15) is 0 Å². The lowest BCUT2D eigenvalue weighted by Gasteiger charge is -2.13. The van der Waals surface area contributed by atoms with Gasteiger partial charge >= 0.3 is 0 Å². The van der Waals surface area contributed by atoms with Crippen LogP contribution in [0.3, 0.4) is 0 Å². The van der Waals surface area contributed by atoms with E-state index >= 15 is 0 Å². The Hall–Kier alpha value is -0.900. The van der Waals surface area contributed by atoms with Crippen molar-refractivity contribution in [3.8, 4) is 0 Å². The lowest BCUT2D eigenvalue weighted by molar-refractivity contribution is 0.860. The molecule has 2 N–H and O–H groups in total. The molecule has 0 aliphatic rings. The Balaban J connectivity index is 2.36. The van der Waals surface area contributed by atoms with E-state index in [0.29, 0.717) is 5.02 Å². The van der Waals surface area contributed by atoms with Crippen molar-refractivity contribution in [2.75, 3.05) is 0 Å². The molecule has 2 rings (SSSR count). The first-order chi connectivity index (χ1) is 8.08. The van der Waals surface area contributed by atoms with Crippen molar-refractivity contribution >= 4 is 27.5 Å². The maximum absolute atomic E-state index is 6.19. The van der Waals surface area contributed by atoms with Crippen LogP contribution in [0.15, 0.2) is 41.1 Å². The van der Waals surface area contributed by atoms with E-state index in [0.717, 1.165) is 21.2 Å². The molecule has 0 bridgehead atoms. The third-order valence-electron chi connectivity index (χ3n) is 2.56. The average molecular weight is 312 g/mol. The molecule has 0 saturated carbocycles. The summed E-state index contributed by atoms with van der Waals surface area (Å²) in [4.78, 5) is 4.15. The molecule has 0 radical (unpaired) electrons. The fraction of sp³-hybridized carbons (Fsp3) is 0.154. The van der Waals surface area contributed by atoms with E-state index in [9.17, 15) is 0 Å². The summed E-state index contributed by atoms with van der Waals surface area (Å²) in [6, 6.07) is 7.57. The predicted octanol–water partition coefficient (Wildman–Crippen LogP) is 3.85. The van der Waals surface area contributed by atoms with Crippen LogP contribution >= 0.6 is 27.5 Å². The van der Waals surface area contributed by atoms with Crippen molar-refractivity contribution in [2.45, 2.75) is 13.0 Å². The number of hydrogen-bond acceptors (Lipinski definition) is 2. The number of hydrogen-bond donors (Lipinski definition) is 1. The molecule has 1 aromatic carbocycles. The van der Waals surface area contributed by atoms with Crippen molar-refractivity contribution in [3.05, 3.63) is 62.8 Å². The van der Waals surface area contributed by atoms with Crippen LogP contribution in [0, 0.1) is 6.92 Å². The maximum Gasteiger partial charge on any atom is 0.0567 e. The largest absolute Gasteiger partial charge is 0.320 e. The number of benzene rings is 1. The minimum absolute atomic E-state index is 0.201. The maximum atomic E-state index is 6.19. The highest BCUT2D eigenvalue weighted by Crippen LogP contribution is 2.27. The molecule has 0 fully saturated rings. The van der Waals surface area contributed by atoms with Gasteiger partial charge in [-0.15, -0.1) is 0 Å². The van der Waals surface area contributed by atoms with Gasteiger partial charge in [0.1, 0.15) is 0 Å². The molecule has 88 valence electrons. The van der Waals surface area contributed by atoms with Crippen LogP contribution < -0.4 is 5.73 Å². The standard InChI is InChI=1S/C13H12BrClN2/c1-8-4-10(7-17-6-8)13(16)9-2-3-11(14)12(15)5-9/h2-7,13H,16H2,1H3. The van der Waals surface area contributed by atoms with Gasteiger partial charge in [-0.3, -0.25) is 4.98 Å². The second kappa shape index (κ2) is 5.17. The summed E-state index contributed by atoms with van der Waals surface area (Å²) in [6.07, 6.45) is 3.60. The summed E-state index contributed by atoms with van der Waals surface area (Å²) < 4.78 is 0.873. The van der Waals surface area contributed by atoms with Crippen LogP contribution in [-0.4, -0.2) is 4.98 Å². The van der Waals surface area contributed by atoms with Crippen molar-refractivity contribution in [3.63, 3.8) is 0 Å². The summed E-state index contributed by atoms with van der Waals surface area (Å²) in [5.41, 5.74) is 9.26. The van der Waals surface area contributed by atoms with E-state index in [1.807, 2.05) is 37.4 Å². The molecule has 0 amide bonds. The lowest BCUT2D eigenvalue weighted by Crippen LogP contribution is -2.12. The number of nitrogens with zero attached hydrogens (tertiary/aromatic N) is 1. The number of aromatic nitrogens is 1. The monoisotopic (exact) mass is 310 g/mol. The van der Waals surface area contributed by atoms with Crippen molar-refractivity contribution < 1.29 is 0 Å². The Morgan fingerprint density at radius 1 is 1.24 bits per heavy atom. The summed E-state index contributed by atoms with van der Waals surface area (Å²) in [5, 5.41) is 0.665. The molecule has 0 spiro atoms. The molecule has 2 nitrogen and oxygen atoms in total. The summed E-state index contributed by atoms with van der Waals surface area (Å²) in [6.45, 7) is 2.00. The summed E-state index contributed by atoms with van der Waals surface area (Å²) in [5.74, 6) is 0. The molecule has 4 heteroatoms. The van der Waals surface area contributed by atoms with Gasteiger partial charge < -0.3 is 5.73 Å². The Morgan fingerprint density at radius 2 is 2.00 bits per heavy atom. The van der Waals surface area contributed by atoms with Crippen molar-refractivity contribution in [1.29, 1.82) is 0 Å². The first kappa shape index (κ1) is 12.6. The van der Waals surface area contributed by atoms with Crippen molar-refractivity contribution in [1.82, 2.24) is 4.98 Å². The molecule has 1 heterocycles. The van der Waals surface area contributed by atoms with E-state index in [4.69, 9.17) is 17.3 Å². The Labute approximate surface area is 114 Å². The second-order valence-corrected chi connectivity index (χ2v) is 5.21. The smallest absolute Gasteiger partial charge is 0.0567 e. The first-order valence-corrected chi connectivity index (χ1v) is 6.37. The Morgan fingerprint density at radius 3 is 2.65 bits per heavy atom. The van der Waals surface area contributed by atoms with E-state index in [1.54, 1.807) is 6.20 Å². The van der Waals surface area contributed by atoms with Gasteiger partial charge in [0.15, 0.2) is 0 Å². The normalized spacial score (nSPS) is 12.5. The van der Waals surface area contributed by atoms with Gasteiger partial charge in [0.2, 0.25) is 0 Å². The molecular weight excluding hydrogens is 300 g/mol. The van der Waals surface area contributed by atoms with E-state index < -0.39 is 0 Å². The fourth-order valence-electron chi connectivity index (χ4n) is 1.65. The lowest BCUT2D eigenvalue weighted by atomic mass is 10.0. The highest BCUT2D eigenvalue weighted by atomic mass is 79.9. The number of rotatable bonds is 2. The molecule has 1 atom stereocenters. The predicted molar refractivity (Wildman–Crippen MR) is 74.2 cm³/mol. The van der Waals surface area contributed by atoms with Gasteiger partial charge in [0.25, 0.3) is 0 Å². The number of nitrogens with two attached hydrogens (primary N) is 1. The van der Waals surface area contributed by atoms with Crippen LogP contribution in [0.1, 0.15) is 22.7 Å². The molecule has 1 unspecified atom stereocenters. The minimum Gasteiger partial charge on any atom is -0.320 e. The number of halogens is 2. The third-order valence-corrected chi connectivity index (χ3v) is 3.79.